The predicted molar refractivity (Wildman–Crippen MR) is 91.7 cm³/mol. The second-order valence-electron chi connectivity index (χ2n) is 5.88. The molecule has 1 amide bonds. The zero-order chi connectivity index (χ0) is 18.2. The molecule has 1 N–H and O–H groups in total. The first-order valence-electron chi connectivity index (χ1n) is 7.53. The number of rotatable bonds is 4. The first-order chi connectivity index (χ1) is 11.8. The van der Waals surface area contributed by atoms with Gasteiger partial charge < -0.3 is 15.2 Å². The maximum absolute atomic E-state index is 12.4. The maximum Gasteiger partial charge on any atom is 0.230 e. The number of nitrogens with one attached hydrogen (secondary N) is 1. The van der Waals surface area contributed by atoms with Gasteiger partial charge in [0.2, 0.25) is 5.91 Å². The number of anilines is 1. The summed E-state index contributed by atoms with van der Waals surface area (Å²) in [5, 5.41) is 14.1. The lowest BCUT2D eigenvalue weighted by atomic mass is 9.82. The average molecular weight is 379 g/mol. The Labute approximate surface area is 148 Å². The van der Waals surface area contributed by atoms with Crippen molar-refractivity contribution in [1.82, 2.24) is 4.98 Å². The number of sulfone groups is 1. The first-order valence-corrected chi connectivity index (χ1v) is 10.2. The van der Waals surface area contributed by atoms with Crippen LogP contribution in [0.5, 0.6) is 0 Å². The highest BCUT2D eigenvalue weighted by atomic mass is 32.2. The van der Waals surface area contributed by atoms with Crippen molar-refractivity contribution in [3.8, 4) is 0 Å². The number of carbonyl (C=O) groups excluding carboxylic acids is 2. The van der Waals surface area contributed by atoms with Crippen LogP contribution in [0.1, 0.15) is 12.8 Å². The van der Waals surface area contributed by atoms with Crippen LogP contribution < -0.4 is 10.4 Å². The number of hydrogen-bond acceptors (Lipinski definition) is 7. The van der Waals surface area contributed by atoms with Gasteiger partial charge in [0.25, 0.3) is 0 Å². The minimum absolute atomic E-state index is 0.177. The van der Waals surface area contributed by atoms with E-state index in [0.717, 1.165) is 17.6 Å². The Morgan fingerprint density at radius 3 is 2.56 bits per heavy atom. The van der Waals surface area contributed by atoms with Gasteiger partial charge in [-0.25, -0.2) is 13.4 Å². The monoisotopic (exact) mass is 379 g/mol. The van der Waals surface area contributed by atoms with E-state index in [0.29, 0.717) is 21.8 Å². The van der Waals surface area contributed by atoms with Gasteiger partial charge in [-0.3, -0.25) is 4.79 Å². The molecule has 9 heteroatoms. The number of aromatic nitrogens is 1. The molecule has 7 nitrogen and oxygen atoms in total. The zero-order valence-corrected chi connectivity index (χ0v) is 14.9. The molecule has 0 fully saturated rings. The summed E-state index contributed by atoms with van der Waals surface area (Å²) >= 11 is 1.14. The minimum Gasteiger partial charge on any atom is -0.550 e. The van der Waals surface area contributed by atoms with Crippen molar-refractivity contribution in [2.75, 3.05) is 11.6 Å². The van der Waals surface area contributed by atoms with E-state index in [-0.39, 0.29) is 11.3 Å². The van der Waals surface area contributed by atoms with Crippen LogP contribution in [0, 0.1) is 11.8 Å². The van der Waals surface area contributed by atoms with Gasteiger partial charge in [-0.05, 0) is 31.0 Å². The number of nitrogens with zero attached hydrogens (tertiary/aromatic N) is 1. The molecule has 2 aromatic rings. The Balaban J connectivity index is 1.84. The molecule has 0 aliphatic heterocycles. The number of hydrogen-bond donors (Lipinski definition) is 1. The summed E-state index contributed by atoms with van der Waals surface area (Å²) in [6.07, 6.45) is 5.22. The summed E-state index contributed by atoms with van der Waals surface area (Å²) in [4.78, 5) is 28.0. The Kier molecular flexibility index (Phi) is 4.61. The van der Waals surface area contributed by atoms with Gasteiger partial charge in [0.05, 0.1) is 21.0 Å². The Morgan fingerprint density at radius 1 is 1.24 bits per heavy atom. The number of carboxylic acid groups (broad SMARTS) is 1. The summed E-state index contributed by atoms with van der Waals surface area (Å²) < 4.78 is 23.9. The fourth-order valence-electron chi connectivity index (χ4n) is 2.75. The van der Waals surface area contributed by atoms with Gasteiger partial charge in [0, 0.05) is 18.1 Å². The van der Waals surface area contributed by atoms with Crippen molar-refractivity contribution >= 4 is 48.4 Å². The van der Waals surface area contributed by atoms with E-state index in [1.165, 1.54) is 12.1 Å². The quantitative estimate of drug-likeness (QED) is 0.791. The minimum atomic E-state index is -3.33. The third-order valence-electron chi connectivity index (χ3n) is 4.09. The number of aliphatic carboxylic acids is 1. The summed E-state index contributed by atoms with van der Waals surface area (Å²) in [6, 6.07) is 4.54. The number of thiazole rings is 1. The standard InChI is InChI=1S/C16H16N2O5S2/c1-25(22,23)9-6-7-12-13(8-9)24-16(17-12)18-14(19)10-4-2-3-5-11(10)15(20)21/h2-3,6-8,10-11H,4-5H2,1H3,(H,20,21)(H,17,18,19)/p-1/t10-,11-/m1/s1. The van der Waals surface area contributed by atoms with E-state index < -0.39 is 33.5 Å². The highest BCUT2D eigenvalue weighted by Gasteiger charge is 2.30. The van der Waals surface area contributed by atoms with Gasteiger partial charge >= 0.3 is 0 Å². The molecule has 0 bridgehead atoms. The highest BCUT2D eigenvalue weighted by molar-refractivity contribution is 7.90. The van der Waals surface area contributed by atoms with E-state index in [1.807, 2.05) is 0 Å². The van der Waals surface area contributed by atoms with Gasteiger partial charge in [-0.1, -0.05) is 23.5 Å². The molecule has 3 rings (SSSR count). The first kappa shape index (κ1) is 17.6. The van der Waals surface area contributed by atoms with Crippen molar-refractivity contribution in [2.24, 2.45) is 11.8 Å². The fourth-order valence-corrected chi connectivity index (χ4v) is 4.38. The molecule has 0 spiro atoms. The summed E-state index contributed by atoms with van der Waals surface area (Å²) in [6.45, 7) is 0. The number of benzene rings is 1. The number of amides is 1. The molecule has 1 aliphatic carbocycles. The van der Waals surface area contributed by atoms with Crippen LogP contribution in [0.3, 0.4) is 0 Å². The SMILES string of the molecule is CS(=O)(=O)c1ccc2nc(NC(=O)[C@@H]3CC=CC[C@H]3C(=O)[O-])sc2c1. The van der Waals surface area contributed by atoms with Gasteiger partial charge in [-0.2, -0.15) is 0 Å². The van der Waals surface area contributed by atoms with E-state index in [4.69, 9.17) is 0 Å². The van der Waals surface area contributed by atoms with Crippen molar-refractivity contribution in [3.05, 3.63) is 30.4 Å². The summed E-state index contributed by atoms with van der Waals surface area (Å²) in [5.74, 6) is -3.25. The number of carboxylic acids is 1. The number of fused-ring (bicyclic) bond motifs is 1. The van der Waals surface area contributed by atoms with Crippen molar-refractivity contribution < 1.29 is 23.1 Å². The second kappa shape index (κ2) is 6.57. The molecular weight excluding hydrogens is 364 g/mol. The van der Waals surface area contributed by atoms with Crippen LogP contribution in [0.25, 0.3) is 10.2 Å². The average Bonchev–Trinajstić information content (AvgIpc) is 2.95. The lowest BCUT2D eigenvalue weighted by Crippen LogP contribution is -2.41. The lowest BCUT2D eigenvalue weighted by Gasteiger charge is -2.27. The smallest absolute Gasteiger partial charge is 0.230 e. The summed E-state index contributed by atoms with van der Waals surface area (Å²) in [5.41, 5.74) is 0.563. The highest BCUT2D eigenvalue weighted by Crippen LogP contribution is 2.30. The topological polar surface area (TPSA) is 116 Å². The van der Waals surface area contributed by atoms with Gasteiger partial charge in [0.15, 0.2) is 15.0 Å². The molecule has 0 radical (unpaired) electrons. The Morgan fingerprint density at radius 2 is 1.92 bits per heavy atom. The van der Waals surface area contributed by atoms with Crippen LogP contribution in [-0.2, 0) is 19.4 Å². The predicted octanol–water partition coefficient (Wildman–Crippen LogP) is 0.971. The summed E-state index contributed by atoms with van der Waals surface area (Å²) in [7, 11) is -3.33. The normalized spacial score (nSPS) is 20.5. The zero-order valence-electron chi connectivity index (χ0n) is 13.3. The molecule has 132 valence electrons. The van der Waals surface area contributed by atoms with E-state index in [9.17, 15) is 23.1 Å². The number of carbonyl (C=O) groups is 2. The van der Waals surface area contributed by atoms with Gasteiger partial charge in [-0.15, -0.1) is 0 Å². The molecule has 0 unspecified atom stereocenters. The molecule has 0 saturated heterocycles. The third kappa shape index (κ3) is 3.72. The van der Waals surface area contributed by atoms with Crippen LogP contribution in [0.15, 0.2) is 35.2 Å². The van der Waals surface area contributed by atoms with Crippen LogP contribution in [0.2, 0.25) is 0 Å². The third-order valence-corrected chi connectivity index (χ3v) is 6.13. The molecule has 25 heavy (non-hydrogen) atoms. The molecule has 1 heterocycles. The fraction of sp³-hybridized carbons (Fsp3) is 0.312. The second-order valence-corrected chi connectivity index (χ2v) is 8.93. The molecular formula is C16H15N2O5S2-. The molecule has 1 aliphatic rings. The molecule has 0 saturated carbocycles. The van der Waals surface area contributed by atoms with Crippen LogP contribution in [0.4, 0.5) is 5.13 Å². The molecule has 1 aromatic heterocycles. The number of allylic oxidation sites excluding steroid dienone is 2. The van der Waals surface area contributed by atoms with E-state index in [1.54, 1.807) is 18.2 Å². The van der Waals surface area contributed by atoms with Crippen molar-refractivity contribution in [3.63, 3.8) is 0 Å². The van der Waals surface area contributed by atoms with E-state index in [2.05, 4.69) is 10.3 Å². The maximum atomic E-state index is 12.4. The molecule has 2 atom stereocenters. The lowest BCUT2D eigenvalue weighted by molar-refractivity contribution is -0.313. The van der Waals surface area contributed by atoms with Crippen LogP contribution >= 0.6 is 11.3 Å². The Bertz CT molecular complexity index is 978. The van der Waals surface area contributed by atoms with Crippen molar-refractivity contribution in [2.45, 2.75) is 17.7 Å². The van der Waals surface area contributed by atoms with E-state index >= 15 is 0 Å². The largest absolute Gasteiger partial charge is 0.550 e. The molecule has 1 aromatic carbocycles. The van der Waals surface area contributed by atoms with Gasteiger partial charge in [0.1, 0.15) is 0 Å². The van der Waals surface area contributed by atoms with Crippen LogP contribution in [-0.4, -0.2) is 31.5 Å². The Hall–Kier alpha value is -2.26. The van der Waals surface area contributed by atoms with Crippen molar-refractivity contribution in [1.29, 1.82) is 0 Å².